The zero-order valence-corrected chi connectivity index (χ0v) is 8.72. The van der Waals surface area contributed by atoms with Gasteiger partial charge in [0.25, 0.3) is 6.43 Å². The third-order valence-electron chi connectivity index (χ3n) is 2.62. The van der Waals surface area contributed by atoms with Crippen molar-refractivity contribution in [3.8, 4) is 0 Å². The molecule has 3 heteroatoms. The first-order valence-corrected chi connectivity index (χ1v) is 4.98. The standard InChI is InChI=1S/C12H13F2N/c1-7(2)8-5-10(12(13)14)9-3-4-15-11(9)6-8/h3-7,12,15H,1-2H3. The van der Waals surface area contributed by atoms with Crippen molar-refractivity contribution in [2.24, 2.45) is 0 Å². The predicted octanol–water partition coefficient (Wildman–Crippen LogP) is 4.23. The lowest BCUT2D eigenvalue weighted by atomic mass is 9.98. The number of benzene rings is 1. The molecule has 2 rings (SSSR count). The van der Waals surface area contributed by atoms with Crippen molar-refractivity contribution < 1.29 is 8.78 Å². The van der Waals surface area contributed by atoms with E-state index in [0.717, 1.165) is 11.1 Å². The molecule has 0 atom stereocenters. The minimum Gasteiger partial charge on any atom is -0.361 e. The normalized spacial score (nSPS) is 11.9. The fourth-order valence-electron chi connectivity index (χ4n) is 1.73. The Morgan fingerprint density at radius 2 is 1.93 bits per heavy atom. The molecule has 0 saturated heterocycles. The minimum atomic E-state index is -2.41. The van der Waals surface area contributed by atoms with E-state index in [0.29, 0.717) is 5.39 Å². The molecule has 15 heavy (non-hydrogen) atoms. The lowest BCUT2D eigenvalue weighted by molar-refractivity contribution is 0.153. The summed E-state index contributed by atoms with van der Waals surface area (Å²) in [4.78, 5) is 2.98. The van der Waals surface area contributed by atoms with Gasteiger partial charge in [0.1, 0.15) is 0 Å². The molecule has 2 aromatic rings. The van der Waals surface area contributed by atoms with E-state index in [4.69, 9.17) is 0 Å². The van der Waals surface area contributed by atoms with Crippen LogP contribution in [0.3, 0.4) is 0 Å². The van der Waals surface area contributed by atoms with Crippen LogP contribution < -0.4 is 0 Å². The van der Waals surface area contributed by atoms with Crippen LogP contribution in [-0.2, 0) is 0 Å². The Morgan fingerprint density at radius 1 is 1.20 bits per heavy atom. The van der Waals surface area contributed by atoms with Crippen LogP contribution in [0.2, 0.25) is 0 Å². The van der Waals surface area contributed by atoms with Gasteiger partial charge >= 0.3 is 0 Å². The van der Waals surface area contributed by atoms with Crippen molar-refractivity contribution in [1.29, 1.82) is 0 Å². The van der Waals surface area contributed by atoms with Crippen molar-refractivity contribution >= 4 is 10.9 Å². The smallest absolute Gasteiger partial charge is 0.264 e. The van der Waals surface area contributed by atoms with Crippen LogP contribution in [-0.4, -0.2) is 4.98 Å². The molecule has 0 saturated carbocycles. The third kappa shape index (κ3) is 1.74. The second-order valence-electron chi connectivity index (χ2n) is 4.00. The van der Waals surface area contributed by atoms with Gasteiger partial charge < -0.3 is 4.98 Å². The number of aromatic nitrogens is 1. The molecule has 80 valence electrons. The zero-order valence-electron chi connectivity index (χ0n) is 8.72. The number of aromatic amines is 1. The van der Waals surface area contributed by atoms with E-state index >= 15 is 0 Å². The SMILES string of the molecule is CC(C)c1cc(C(F)F)c2cc[nH]c2c1. The largest absolute Gasteiger partial charge is 0.361 e. The van der Waals surface area contributed by atoms with Gasteiger partial charge in [-0.1, -0.05) is 13.8 Å². The third-order valence-corrected chi connectivity index (χ3v) is 2.62. The average molecular weight is 209 g/mol. The molecule has 1 aromatic heterocycles. The maximum Gasteiger partial charge on any atom is 0.264 e. The number of rotatable bonds is 2. The molecule has 0 fully saturated rings. The maximum atomic E-state index is 12.8. The second-order valence-corrected chi connectivity index (χ2v) is 4.00. The number of halogens is 2. The molecular weight excluding hydrogens is 196 g/mol. The Bertz CT molecular complexity index is 471. The summed E-state index contributed by atoms with van der Waals surface area (Å²) in [6.45, 7) is 4.00. The van der Waals surface area contributed by atoms with E-state index in [1.165, 1.54) is 0 Å². The van der Waals surface area contributed by atoms with E-state index in [2.05, 4.69) is 4.98 Å². The van der Waals surface area contributed by atoms with Crippen LogP contribution in [0.15, 0.2) is 24.4 Å². The molecule has 0 amide bonds. The van der Waals surface area contributed by atoms with Gasteiger partial charge in [-0.3, -0.25) is 0 Å². The summed E-state index contributed by atoms with van der Waals surface area (Å²) in [5.41, 5.74) is 1.86. The summed E-state index contributed by atoms with van der Waals surface area (Å²) in [5, 5.41) is 0.620. The minimum absolute atomic E-state index is 0.123. The molecule has 0 aliphatic heterocycles. The van der Waals surface area contributed by atoms with Gasteiger partial charge in [-0.05, 0) is 29.7 Å². The summed E-state index contributed by atoms with van der Waals surface area (Å²) < 4.78 is 25.6. The summed E-state index contributed by atoms with van der Waals surface area (Å²) in [6, 6.07) is 5.23. The number of fused-ring (bicyclic) bond motifs is 1. The number of alkyl halides is 2. The molecule has 0 radical (unpaired) electrons. The number of H-pyrrole nitrogens is 1. The Kier molecular flexibility index (Phi) is 2.47. The van der Waals surface area contributed by atoms with Crippen molar-refractivity contribution in [2.45, 2.75) is 26.2 Å². The molecule has 1 N–H and O–H groups in total. The molecule has 1 nitrogen and oxygen atoms in total. The first kappa shape index (κ1) is 10.1. The van der Waals surface area contributed by atoms with Crippen LogP contribution in [0.25, 0.3) is 10.9 Å². The molecule has 0 unspecified atom stereocenters. The highest BCUT2D eigenvalue weighted by Crippen LogP contribution is 2.31. The highest BCUT2D eigenvalue weighted by molar-refractivity contribution is 5.84. The van der Waals surface area contributed by atoms with Gasteiger partial charge in [0, 0.05) is 22.7 Å². The van der Waals surface area contributed by atoms with E-state index in [-0.39, 0.29) is 11.5 Å². The maximum absolute atomic E-state index is 12.8. The lowest BCUT2D eigenvalue weighted by Gasteiger charge is -2.09. The van der Waals surface area contributed by atoms with E-state index in [1.807, 2.05) is 19.9 Å². The summed E-state index contributed by atoms with van der Waals surface area (Å²) in [5.74, 6) is 0.259. The van der Waals surface area contributed by atoms with Gasteiger partial charge in [0.05, 0.1) is 0 Å². The van der Waals surface area contributed by atoms with Crippen molar-refractivity contribution in [3.63, 3.8) is 0 Å². The van der Waals surface area contributed by atoms with Crippen LogP contribution in [0.1, 0.15) is 37.3 Å². The summed E-state index contributed by atoms with van der Waals surface area (Å²) >= 11 is 0. The Labute approximate surface area is 87.1 Å². The van der Waals surface area contributed by atoms with E-state index < -0.39 is 6.43 Å². The van der Waals surface area contributed by atoms with Crippen molar-refractivity contribution in [1.82, 2.24) is 4.98 Å². The Morgan fingerprint density at radius 3 is 2.53 bits per heavy atom. The fourth-order valence-corrected chi connectivity index (χ4v) is 1.73. The van der Waals surface area contributed by atoms with Crippen molar-refractivity contribution in [2.75, 3.05) is 0 Å². The molecule has 1 aromatic carbocycles. The van der Waals surface area contributed by atoms with Gasteiger partial charge in [-0.2, -0.15) is 0 Å². The number of nitrogens with one attached hydrogen (secondary N) is 1. The van der Waals surface area contributed by atoms with Gasteiger partial charge in [0.2, 0.25) is 0 Å². The molecule has 0 bridgehead atoms. The Balaban J connectivity index is 2.69. The molecule has 1 heterocycles. The topological polar surface area (TPSA) is 15.8 Å². The summed E-state index contributed by atoms with van der Waals surface area (Å²) in [7, 11) is 0. The summed E-state index contributed by atoms with van der Waals surface area (Å²) in [6.07, 6.45) is -0.720. The molecule has 0 aliphatic rings. The predicted molar refractivity (Wildman–Crippen MR) is 57.3 cm³/mol. The fraction of sp³-hybridized carbons (Fsp3) is 0.333. The quantitative estimate of drug-likeness (QED) is 0.761. The van der Waals surface area contributed by atoms with Crippen LogP contribution in [0.5, 0.6) is 0 Å². The number of hydrogen-bond donors (Lipinski definition) is 1. The lowest BCUT2D eigenvalue weighted by Crippen LogP contribution is -1.92. The van der Waals surface area contributed by atoms with Crippen LogP contribution >= 0.6 is 0 Å². The van der Waals surface area contributed by atoms with E-state index in [9.17, 15) is 8.78 Å². The molecular formula is C12H13F2N. The van der Waals surface area contributed by atoms with Crippen LogP contribution in [0, 0.1) is 0 Å². The first-order valence-electron chi connectivity index (χ1n) is 4.98. The Hall–Kier alpha value is -1.38. The molecule has 0 aliphatic carbocycles. The highest BCUT2D eigenvalue weighted by Gasteiger charge is 2.14. The van der Waals surface area contributed by atoms with E-state index in [1.54, 1.807) is 18.3 Å². The monoisotopic (exact) mass is 209 g/mol. The van der Waals surface area contributed by atoms with Crippen LogP contribution in [0.4, 0.5) is 8.78 Å². The number of hydrogen-bond acceptors (Lipinski definition) is 0. The zero-order chi connectivity index (χ0) is 11.0. The molecule has 0 spiro atoms. The van der Waals surface area contributed by atoms with Crippen molar-refractivity contribution in [3.05, 3.63) is 35.5 Å². The van der Waals surface area contributed by atoms with Gasteiger partial charge in [0.15, 0.2) is 0 Å². The van der Waals surface area contributed by atoms with Gasteiger partial charge in [-0.15, -0.1) is 0 Å². The second kappa shape index (κ2) is 3.65. The van der Waals surface area contributed by atoms with Gasteiger partial charge in [-0.25, -0.2) is 8.78 Å². The average Bonchev–Trinajstić information content (AvgIpc) is 2.62. The highest BCUT2D eigenvalue weighted by atomic mass is 19.3. The first-order chi connectivity index (χ1) is 7.09.